The van der Waals surface area contributed by atoms with Crippen LogP contribution in [-0.4, -0.2) is 19.8 Å². The lowest BCUT2D eigenvalue weighted by Gasteiger charge is -1.83. The second kappa shape index (κ2) is 1.84. The van der Waals surface area contributed by atoms with E-state index in [0.29, 0.717) is 0 Å². The third-order valence-electron chi connectivity index (χ3n) is 0.736. The average Bonchev–Trinajstić information content (AvgIpc) is 2.08. The number of hydrogen-bond acceptors (Lipinski definition) is 4. The molecule has 0 bridgehead atoms. The summed E-state index contributed by atoms with van der Waals surface area (Å²) in [7, 11) is -3.22. The number of aromatic nitrogens is 1. The van der Waals surface area contributed by atoms with Crippen LogP contribution in [0.5, 0.6) is 0 Å². The Balaban J connectivity index is 3.20. The molecule has 1 aromatic heterocycles. The lowest BCUT2D eigenvalue weighted by Crippen LogP contribution is -1.93. The van der Waals surface area contributed by atoms with Crippen LogP contribution in [0.4, 0.5) is 0 Å². The first kappa shape index (κ1) is 6.28. The number of nitrogens with zero attached hydrogens (tertiary/aromatic N) is 1. The molecule has 0 atom stereocenters. The molecule has 0 fully saturated rings. The largest absolute Gasteiger partial charge is 0.344 e. The van der Waals surface area contributed by atoms with Crippen LogP contribution < -0.4 is 0 Å². The summed E-state index contributed by atoms with van der Waals surface area (Å²) in [5.74, 6) is 0. The molecule has 0 aromatic carbocycles. The van der Waals surface area contributed by atoms with Gasteiger partial charge in [-0.3, -0.25) is 0 Å². The van der Waals surface area contributed by atoms with Crippen LogP contribution in [0.2, 0.25) is 0 Å². The molecule has 0 saturated carbocycles. The summed E-state index contributed by atoms with van der Waals surface area (Å²) in [5.41, 5.74) is 0. The Morgan fingerprint density at radius 3 is 2.67 bits per heavy atom. The summed E-state index contributed by atoms with van der Waals surface area (Å²) in [6, 6.07) is 1.18. The van der Waals surface area contributed by atoms with E-state index < -0.39 is 9.84 Å². The van der Waals surface area contributed by atoms with Crippen LogP contribution in [0.3, 0.4) is 0 Å². The zero-order valence-electron chi connectivity index (χ0n) is 4.66. The van der Waals surface area contributed by atoms with E-state index in [9.17, 15) is 8.42 Å². The van der Waals surface area contributed by atoms with E-state index in [1.165, 1.54) is 6.07 Å². The third-order valence-corrected chi connectivity index (χ3v) is 1.66. The quantitative estimate of drug-likeness (QED) is 0.554. The third kappa shape index (κ3) is 1.29. The molecule has 49 valence electrons. The van der Waals surface area contributed by atoms with Crippen molar-refractivity contribution in [2.24, 2.45) is 0 Å². The zero-order valence-corrected chi connectivity index (χ0v) is 5.47. The van der Waals surface area contributed by atoms with Gasteiger partial charge in [-0.25, -0.2) is 8.42 Å². The molecule has 0 spiro atoms. The lowest BCUT2D eigenvalue weighted by molar-refractivity contribution is 0.339. The first-order valence-electron chi connectivity index (χ1n) is 2.13. The van der Waals surface area contributed by atoms with Crippen molar-refractivity contribution >= 4 is 9.84 Å². The minimum Gasteiger partial charge on any atom is -0.344 e. The van der Waals surface area contributed by atoms with Gasteiger partial charge in [0.05, 0.1) is 0 Å². The van der Waals surface area contributed by atoms with Gasteiger partial charge in [-0.2, -0.15) is 0 Å². The molecular formula is C4H4NO3S. The van der Waals surface area contributed by atoms with Gasteiger partial charge in [-0.1, -0.05) is 5.16 Å². The van der Waals surface area contributed by atoms with Gasteiger partial charge in [0.1, 0.15) is 6.20 Å². The first-order valence-corrected chi connectivity index (χ1v) is 4.02. The Kier molecular flexibility index (Phi) is 1.28. The summed E-state index contributed by atoms with van der Waals surface area (Å²) in [4.78, 5) is 0. The van der Waals surface area contributed by atoms with E-state index in [1.807, 2.05) is 0 Å². The monoisotopic (exact) mass is 146 g/mol. The lowest BCUT2D eigenvalue weighted by atomic mass is 10.8. The van der Waals surface area contributed by atoms with Crippen LogP contribution in [-0.2, 0) is 9.84 Å². The Morgan fingerprint density at radius 1 is 1.78 bits per heavy atom. The van der Waals surface area contributed by atoms with E-state index in [1.54, 1.807) is 0 Å². The SMILES string of the molecule is CS(=O)(=O)c1c[c]no1. The van der Waals surface area contributed by atoms with Crippen molar-refractivity contribution in [2.45, 2.75) is 5.09 Å². The number of sulfone groups is 1. The van der Waals surface area contributed by atoms with Crippen molar-refractivity contribution < 1.29 is 12.9 Å². The smallest absolute Gasteiger partial charge is 0.250 e. The van der Waals surface area contributed by atoms with E-state index >= 15 is 0 Å². The molecule has 0 saturated heterocycles. The minimum atomic E-state index is -3.22. The van der Waals surface area contributed by atoms with Gasteiger partial charge in [0.25, 0.3) is 5.09 Å². The molecule has 1 aromatic rings. The van der Waals surface area contributed by atoms with Gasteiger partial charge >= 0.3 is 0 Å². The van der Waals surface area contributed by atoms with Crippen LogP contribution in [0.15, 0.2) is 15.7 Å². The van der Waals surface area contributed by atoms with Gasteiger partial charge < -0.3 is 4.52 Å². The van der Waals surface area contributed by atoms with Crippen molar-refractivity contribution in [3.05, 3.63) is 12.3 Å². The standard InChI is InChI=1S/C4H4NO3S/c1-9(6,7)4-2-3-5-8-4/h2H,1H3. The van der Waals surface area contributed by atoms with Crippen molar-refractivity contribution in [2.75, 3.05) is 6.26 Å². The molecule has 5 heteroatoms. The highest BCUT2D eigenvalue weighted by Crippen LogP contribution is 2.03. The molecule has 0 aliphatic heterocycles. The summed E-state index contributed by atoms with van der Waals surface area (Å²) in [6.07, 6.45) is 3.28. The highest BCUT2D eigenvalue weighted by atomic mass is 32.2. The van der Waals surface area contributed by atoms with Gasteiger partial charge in [0.15, 0.2) is 0 Å². The van der Waals surface area contributed by atoms with Gasteiger partial charge in [-0.05, 0) is 0 Å². The number of rotatable bonds is 1. The van der Waals surface area contributed by atoms with Crippen molar-refractivity contribution in [1.82, 2.24) is 5.16 Å². The summed E-state index contributed by atoms with van der Waals surface area (Å²) < 4.78 is 25.4. The van der Waals surface area contributed by atoms with E-state index in [2.05, 4.69) is 15.9 Å². The molecular weight excluding hydrogens is 142 g/mol. The molecule has 0 unspecified atom stereocenters. The van der Waals surface area contributed by atoms with Crippen LogP contribution in [0.25, 0.3) is 0 Å². The highest BCUT2D eigenvalue weighted by molar-refractivity contribution is 7.90. The molecule has 0 amide bonds. The molecule has 0 aliphatic rings. The van der Waals surface area contributed by atoms with Crippen molar-refractivity contribution in [3.63, 3.8) is 0 Å². The molecule has 1 rings (SSSR count). The fourth-order valence-electron chi connectivity index (χ4n) is 0.351. The Bertz CT molecular complexity index is 273. The van der Waals surface area contributed by atoms with Crippen LogP contribution in [0.1, 0.15) is 0 Å². The maximum atomic E-state index is 10.5. The van der Waals surface area contributed by atoms with E-state index in [4.69, 9.17) is 0 Å². The minimum absolute atomic E-state index is 0.150. The molecule has 9 heavy (non-hydrogen) atoms. The fourth-order valence-corrected chi connectivity index (χ4v) is 0.791. The zero-order chi connectivity index (χ0) is 6.91. The summed E-state index contributed by atoms with van der Waals surface area (Å²) >= 11 is 0. The van der Waals surface area contributed by atoms with Gasteiger partial charge in [0.2, 0.25) is 9.84 Å². The predicted molar refractivity (Wildman–Crippen MR) is 28.4 cm³/mol. The number of hydrogen-bond donors (Lipinski definition) is 0. The van der Waals surface area contributed by atoms with E-state index in [-0.39, 0.29) is 5.09 Å². The predicted octanol–water partition coefficient (Wildman–Crippen LogP) is -0.122. The Labute approximate surface area is 52.4 Å². The summed E-state index contributed by atoms with van der Waals surface area (Å²) in [5, 5.41) is 2.96. The van der Waals surface area contributed by atoms with Crippen molar-refractivity contribution in [1.29, 1.82) is 0 Å². The second-order valence-corrected chi connectivity index (χ2v) is 3.49. The molecule has 0 aliphatic carbocycles. The highest BCUT2D eigenvalue weighted by Gasteiger charge is 2.09. The first-order chi connectivity index (χ1) is 4.11. The summed E-state index contributed by atoms with van der Waals surface area (Å²) in [6.45, 7) is 0. The molecule has 0 N–H and O–H groups in total. The average molecular weight is 146 g/mol. The molecule has 1 radical (unpaired) electrons. The maximum Gasteiger partial charge on any atom is 0.250 e. The van der Waals surface area contributed by atoms with Gasteiger partial charge in [0, 0.05) is 12.3 Å². The van der Waals surface area contributed by atoms with E-state index in [0.717, 1.165) is 6.26 Å². The van der Waals surface area contributed by atoms with Crippen molar-refractivity contribution in [3.8, 4) is 0 Å². The maximum absolute atomic E-state index is 10.5. The Morgan fingerprint density at radius 2 is 2.44 bits per heavy atom. The fraction of sp³-hybridized carbons (Fsp3) is 0.250. The molecule has 4 nitrogen and oxygen atoms in total. The normalized spacial score (nSPS) is 11.7. The van der Waals surface area contributed by atoms with Gasteiger partial charge in [-0.15, -0.1) is 0 Å². The topological polar surface area (TPSA) is 60.2 Å². The molecule has 1 heterocycles. The van der Waals surface area contributed by atoms with Crippen LogP contribution >= 0.6 is 0 Å². The Hall–Kier alpha value is -0.840. The second-order valence-electron chi connectivity index (χ2n) is 1.55. The van der Waals surface area contributed by atoms with Crippen LogP contribution in [0, 0.1) is 6.20 Å².